The van der Waals surface area contributed by atoms with Gasteiger partial charge in [-0.25, -0.2) is 0 Å². The molecule has 92 valence electrons. The van der Waals surface area contributed by atoms with Gasteiger partial charge in [-0.1, -0.05) is 18.2 Å². The van der Waals surface area contributed by atoms with Crippen LogP contribution >= 0.6 is 0 Å². The maximum atomic E-state index is 11.2. The first-order chi connectivity index (χ1) is 8.08. The number of aliphatic carboxylic acids is 1. The van der Waals surface area contributed by atoms with Crippen LogP contribution in [0.5, 0.6) is 0 Å². The molecule has 1 aliphatic heterocycles. The predicted octanol–water partition coefficient (Wildman–Crippen LogP) is 1.02. The van der Waals surface area contributed by atoms with Crippen molar-refractivity contribution in [1.82, 2.24) is 10.2 Å². The molecule has 1 unspecified atom stereocenters. The quantitative estimate of drug-likeness (QED) is 0.820. The van der Waals surface area contributed by atoms with E-state index in [9.17, 15) is 9.90 Å². The van der Waals surface area contributed by atoms with E-state index in [0.717, 1.165) is 36.2 Å². The number of hydrogen-bond donors (Lipinski definition) is 2. The first-order valence-corrected chi connectivity index (χ1v) is 5.80. The maximum absolute atomic E-state index is 11.2. The highest BCUT2D eigenvalue weighted by Gasteiger charge is 2.25. The second kappa shape index (κ2) is 4.85. The van der Waals surface area contributed by atoms with Gasteiger partial charge < -0.3 is 15.3 Å². The zero-order valence-corrected chi connectivity index (χ0v) is 10.2. The number of fused-ring (bicyclic) bond motifs is 1. The Kier molecular flexibility index (Phi) is 3.45. The molecule has 1 heterocycles. The van der Waals surface area contributed by atoms with E-state index in [2.05, 4.69) is 22.3 Å². The Labute approximate surface area is 101 Å². The van der Waals surface area contributed by atoms with Crippen molar-refractivity contribution in [3.8, 4) is 0 Å². The van der Waals surface area contributed by atoms with E-state index < -0.39 is 12.0 Å². The van der Waals surface area contributed by atoms with Crippen LogP contribution in [0.15, 0.2) is 18.2 Å². The Morgan fingerprint density at radius 3 is 2.94 bits per heavy atom. The summed E-state index contributed by atoms with van der Waals surface area (Å²) < 4.78 is 0. The van der Waals surface area contributed by atoms with Crippen LogP contribution in [0, 0.1) is 0 Å². The van der Waals surface area contributed by atoms with E-state index in [1.807, 2.05) is 20.2 Å². The lowest BCUT2D eigenvalue weighted by atomic mass is 9.92. The van der Waals surface area contributed by atoms with Crippen LogP contribution < -0.4 is 5.32 Å². The third-order valence-corrected chi connectivity index (χ3v) is 3.01. The van der Waals surface area contributed by atoms with Gasteiger partial charge in [0, 0.05) is 13.1 Å². The number of nitrogens with zero attached hydrogens (tertiary/aromatic N) is 1. The van der Waals surface area contributed by atoms with Crippen LogP contribution in [-0.4, -0.2) is 36.6 Å². The number of hydrogen-bond acceptors (Lipinski definition) is 3. The fraction of sp³-hybridized carbons (Fsp3) is 0.462. The minimum atomic E-state index is -0.798. The highest BCUT2D eigenvalue weighted by atomic mass is 16.4. The monoisotopic (exact) mass is 234 g/mol. The number of benzene rings is 1. The summed E-state index contributed by atoms with van der Waals surface area (Å²) in [6.07, 6.45) is 0.904. The van der Waals surface area contributed by atoms with E-state index in [-0.39, 0.29) is 0 Å². The molecule has 4 heteroatoms. The second-order valence-corrected chi connectivity index (χ2v) is 4.75. The van der Waals surface area contributed by atoms with Gasteiger partial charge >= 0.3 is 5.97 Å². The van der Waals surface area contributed by atoms with Crippen LogP contribution in [0.25, 0.3) is 0 Å². The van der Waals surface area contributed by atoms with E-state index in [1.165, 1.54) is 0 Å². The van der Waals surface area contributed by atoms with Gasteiger partial charge in [0.2, 0.25) is 0 Å². The van der Waals surface area contributed by atoms with Gasteiger partial charge in [0.05, 0.1) is 0 Å². The molecule has 0 amide bonds. The Morgan fingerprint density at radius 2 is 2.29 bits per heavy atom. The molecule has 0 spiro atoms. The molecule has 0 fully saturated rings. The molecule has 0 bridgehead atoms. The molecule has 2 rings (SSSR count). The van der Waals surface area contributed by atoms with Gasteiger partial charge in [0.15, 0.2) is 0 Å². The van der Waals surface area contributed by atoms with Crippen LogP contribution in [0.4, 0.5) is 0 Å². The van der Waals surface area contributed by atoms with Crippen molar-refractivity contribution in [3.63, 3.8) is 0 Å². The first kappa shape index (κ1) is 12.1. The molecule has 1 aromatic carbocycles. The molecule has 17 heavy (non-hydrogen) atoms. The fourth-order valence-electron chi connectivity index (χ4n) is 2.29. The van der Waals surface area contributed by atoms with Gasteiger partial charge in [-0.3, -0.25) is 4.79 Å². The SMILES string of the molecule is CN(C)Cc1ccc2c(c1)C(C(=O)O)NCC2. The van der Waals surface area contributed by atoms with Gasteiger partial charge in [-0.15, -0.1) is 0 Å². The smallest absolute Gasteiger partial charge is 0.325 e. The standard InChI is InChI=1S/C13H18N2O2/c1-15(2)8-9-3-4-10-5-6-14-12(13(16)17)11(10)7-9/h3-4,7,12,14H,5-6,8H2,1-2H3,(H,16,17). The van der Waals surface area contributed by atoms with Crippen molar-refractivity contribution < 1.29 is 9.90 Å². The van der Waals surface area contributed by atoms with Crippen LogP contribution in [0.2, 0.25) is 0 Å². The molecule has 1 atom stereocenters. The summed E-state index contributed by atoms with van der Waals surface area (Å²) >= 11 is 0. The molecule has 0 saturated carbocycles. The Hall–Kier alpha value is -1.39. The number of carbonyl (C=O) groups is 1. The van der Waals surface area contributed by atoms with Crippen molar-refractivity contribution in [1.29, 1.82) is 0 Å². The average Bonchev–Trinajstić information content (AvgIpc) is 2.27. The summed E-state index contributed by atoms with van der Waals surface area (Å²) in [4.78, 5) is 13.3. The second-order valence-electron chi connectivity index (χ2n) is 4.75. The number of carboxylic acids is 1. The summed E-state index contributed by atoms with van der Waals surface area (Å²) in [6.45, 7) is 1.57. The molecule has 0 aliphatic carbocycles. The van der Waals surface area contributed by atoms with Gasteiger partial charge in [-0.2, -0.15) is 0 Å². The molecule has 0 radical (unpaired) electrons. The number of carboxylic acid groups (broad SMARTS) is 1. The van der Waals surface area contributed by atoms with Crippen molar-refractivity contribution in [2.45, 2.75) is 19.0 Å². The van der Waals surface area contributed by atoms with E-state index in [1.54, 1.807) is 0 Å². The summed E-state index contributed by atoms with van der Waals surface area (Å²) in [7, 11) is 4.01. The predicted molar refractivity (Wildman–Crippen MR) is 65.9 cm³/mol. The number of rotatable bonds is 3. The summed E-state index contributed by atoms with van der Waals surface area (Å²) in [6, 6.07) is 5.61. The molecular formula is C13H18N2O2. The summed E-state index contributed by atoms with van der Waals surface area (Å²) in [5.74, 6) is -0.798. The maximum Gasteiger partial charge on any atom is 0.325 e. The van der Waals surface area contributed by atoms with Gasteiger partial charge in [0.1, 0.15) is 6.04 Å². The summed E-state index contributed by atoms with van der Waals surface area (Å²) in [5, 5.41) is 12.2. The topological polar surface area (TPSA) is 52.6 Å². The van der Waals surface area contributed by atoms with Crippen LogP contribution in [-0.2, 0) is 17.8 Å². The molecule has 1 aromatic rings. The van der Waals surface area contributed by atoms with Crippen molar-refractivity contribution in [2.75, 3.05) is 20.6 Å². The Morgan fingerprint density at radius 1 is 1.53 bits per heavy atom. The zero-order valence-electron chi connectivity index (χ0n) is 10.2. The van der Waals surface area contributed by atoms with Crippen molar-refractivity contribution in [2.24, 2.45) is 0 Å². The van der Waals surface area contributed by atoms with Gasteiger partial charge in [0.25, 0.3) is 0 Å². The largest absolute Gasteiger partial charge is 0.480 e. The molecule has 1 aliphatic rings. The van der Waals surface area contributed by atoms with Crippen LogP contribution in [0.3, 0.4) is 0 Å². The molecule has 2 N–H and O–H groups in total. The molecule has 0 aromatic heterocycles. The lowest BCUT2D eigenvalue weighted by molar-refractivity contribution is -0.139. The lowest BCUT2D eigenvalue weighted by Gasteiger charge is -2.24. The zero-order chi connectivity index (χ0) is 12.4. The van der Waals surface area contributed by atoms with E-state index in [0.29, 0.717) is 0 Å². The first-order valence-electron chi connectivity index (χ1n) is 5.80. The molecule has 0 saturated heterocycles. The van der Waals surface area contributed by atoms with Crippen molar-refractivity contribution >= 4 is 5.97 Å². The highest BCUT2D eigenvalue weighted by molar-refractivity contribution is 5.76. The fourth-order valence-corrected chi connectivity index (χ4v) is 2.29. The highest BCUT2D eigenvalue weighted by Crippen LogP contribution is 2.24. The lowest BCUT2D eigenvalue weighted by Crippen LogP contribution is -2.35. The normalized spacial score (nSPS) is 19.1. The Balaban J connectivity index is 2.33. The number of nitrogens with one attached hydrogen (secondary N) is 1. The average molecular weight is 234 g/mol. The van der Waals surface area contributed by atoms with Crippen LogP contribution in [0.1, 0.15) is 22.7 Å². The minimum Gasteiger partial charge on any atom is -0.480 e. The molecular weight excluding hydrogens is 216 g/mol. The van der Waals surface area contributed by atoms with Crippen molar-refractivity contribution in [3.05, 3.63) is 34.9 Å². The third kappa shape index (κ3) is 2.65. The van der Waals surface area contributed by atoms with Gasteiger partial charge in [-0.05, 0) is 37.2 Å². The van der Waals surface area contributed by atoms with E-state index >= 15 is 0 Å². The summed E-state index contributed by atoms with van der Waals surface area (Å²) in [5.41, 5.74) is 3.23. The molecule has 4 nitrogen and oxygen atoms in total. The third-order valence-electron chi connectivity index (χ3n) is 3.01. The Bertz CT molecular complexity index is 429. The minimum absolute atomic E-state index is 0.555. The van der Waals surface area contributed by atoms with E-state index in [4.69, 9.17) is 0 Å².